The number of nitrogen functional groups attached to an aromatic ring is 1. The molecule has 0 aliphatic rings. The molecular formula is C24H26FN7O4. The van der Waals surface area contributed by atoms with Crippen molar-refractivity contribution in [2.24, 2.45) is 5.41 Å². The highest BCUT2D eigenvalue weighted by molar-refractivity contribution is 6.08. The number of nitrogens with one attached hydrogen (secondary N) is 3. The van der Waals surface area contributed by atoms with Gasteiger partial charge < -0.3 is 25.6 Å². The topological polar surface area (TPSA) is 169 Å². The fourth-order valence-electron chi connectivity index (χ4n) is 2.87. The molecule has 5 N–H and O–H groups in total. The van der Waals surface area contributed by atoms with Crippen LogP contribution in [0.5, 0.6) is 0 Å². The number of anilines is 2. The molecule has 3 rings (SSSR count). The van der Waals surface area contributed by atoms with Gasteiger partial charge >= 0.3 is 5.97 Å². The zero-order valence-electron chi connectivity index (χ0n) is 20.0. The summed E-state index contributed by atoms with van der Waals surface area (Å²) in [6, 6.07) is 7.89. The van der Waals surface area contributed by atoms with Crippen LogP contribution >= 0.6 is 0 Å². The molecule has 36 heavy (non-hydrogen) atoms. The Kier molecular flexibility index (Phi) is 8.10. The molecule has 12 heteroatoms. The molecule has 1 amide bonds. The third-order valence-electron chi connectivity index (χ3n) is 4.99. The maximum atomic E-state index is 14.0. The van der Waals surface area contributed by atoms with E-state index in [4.69, 9.17) is 20.4 Å². The molecule has 0 aliphatic carbocycles. The summed E-state index contributed by atoms with van der Waals surface area (Å²) in [7, 11) is 0. The Morgan fingerprint density at radius 1 is 1.28 bits per heavy atom. The average Bonchev–Trinajstić information content (AvgIpc) is 3.37. The fraction of sp³-hybridized carbons (Fsp3) is 0.250. The molecule has 0 spiro atoms. The van der Waals surface area contributed by atoms with Crippen LogP contribution in [-0.2, 0) is 20.9 Å². The van der Waals surface area contributed by atoms with Crippen LogP contribution in [0.3, 0.4) is 0 Å². The molecule has 11 nitrogen and oxygen atoms in total. The van der Waals surface area contributed by atoms with Crippen molar-refractivity contribution in [3.8, 4) is 0 Å². The number of rotatable bonds is 10. The van der Waals surface area contributed by atoms with E-state index in [2.05, 4.69) is 25.8 Å². The minimum absolute atomic E-state index is 0.0154. The number of carbonyl (C=O) groups is 2. The van der Waals surface area contributed by atoms with Gasteiger partial charge in [-0.2, -0.15) is 0 Å². The molecule has 0 saturated heterocycles. The number of nitrogens with zero attached hydrogens (tertiary/aromatic N) is 3. The first-order valence-corrected chi connectivity index (χ1v) is 10.8. The Morgan fingerprint density at radius 2 is 2.03 bits per heavy atom. The molecule has 2 aromatic heterocycles. The normalized spacial score (nSPS) is 11.6. The second-order valence-corrected chi connectivity index (χ2v) is 8.41. The molecule has 0 unspecified atom stereocenters. The van der Waals surface area contributed by atoms with Gasteiger partial charge in [0.25, 0.3) is 0 Å². The molecule has 2 heterocycles. The first-order chi connectivity index (χ1) is 17.1. The molecule has 3 aromatic rings. The van der Waals surface area contributed by atoms with E-state index >= 15 is 0 Å². The largest absolute Gasteiger partial charge is 0.465 e. The van der Waals surface area contributed by atoms with E-state index < -0.39 is 17.3 Å². The monoisotopic (exact) mass is 495 g/mol. The SMILES string of the molecule is CC(=O)OCC(C)(C)C(=O)Nc1cnc(C(=N)/C=C(\NCc2ccccc2F)c2ccon2)nc1N. The maximum Gasteiger partial charge on any atom is 0.302 e. The summed E-state index contributed by atoms with van der Waals surface area (Å²) < 4.78 is 23.8. The Morgan fingerprint density at radius 3 is 2.67 bits per heavy atom. The lowest BCUT2D eigenvalue weighted by atomic mass is 9.93. The number of nitrogens with two attached hydrogens (primary N) is 1. The van der Waals surface area contributed by atoms with Gasteiger partial charge in [0.15, 0.2) is 11.6 Å². The third kappa shape index (κ3) is 6.72. The Hall–Kier alpha value is -4.61. The van der Waals surface area contributed by atoms with Crippen molar-refractivity contribution >= 4 is 34.8 Å². The van der Waals surface area contributed by atoms with Crippen LogP contribution in [0.25, 0.3) is 5.70 Å². The van der Waals surface area contributed by atoms with Gasteiger partial charge in [0, 0.05) is 25.1 Å². The van der Waals surface area contributed by atoms with Gasteiger partial charge in [-0.15, -0.1) is 0 Å². The van der Waals surface area contributed by atoms with Crippen LogP contribution in [0.4, 0.5) is 15.9 Å². The first kappa shape index (κ1) is 26.0. The van der Waals surface area contributed by atoms with Crippen molar-refractivity contribution < 1.29 is 23.2 Å². The predicted molar refractivity (Wildman–Crippen MR) is 130 cm³/mol. The zero-order chi connectivity index (χ0) is 26.3. The second kappa shape index (κ2) is 11.2. The summed E-state index contributed by atoms with van der Waals surface area (Å²) in [5.41, 5.74) is 6.20. The summed E-state index contributed by atoms with van der Waals surface area (Å²) >= 11 is 0. The van der Waals surface area contributed by atoms with Gasteiger partial charge in [-0.05, 0) is 26.0 Å². The number of aromatic nitrogens is 3. The lowest BCUT2D eigenvalue weighted by Crippen LogP contribution is -2.35. The fourth-order valence-corrected chi connectivity index (χ4v) is 2.87. The van der Waals surface area contributed by atoms with E-state index in [1.807, 2.05) is 0 Å². The zero-order valence-corrected chi connectivity index (χ0v) is 20.0. The highest BCUT2D eigenvalue weighted by atomic mass is 19.1. The third-order valence-corrected chi connectivity index (χ3v) is 4.99. The molecule has 0 fully saturated rings. The summed E-state index contributed by atoms with van der Waals surface area (Å²) in [6.45, 7) is 4.49. The lowest BCUT2D eigenvalue weighted by molar-refractivity contribution is -0.146. The highest BCUT2D eigenvalue weighted by Gasteiger charge is 2.30. The number of benzene rings is 1. The molecule has 0 radical (unpaired) electrons. The molecule has 0 bridgehead atoms. The van der Waals surface area contributed by atoms with E-state index in [9.17, 15) is 14.0 Å². The van der Waals surface area contributed by atoms with Crippen LogP contribution in [-0.4, -0.2) is 39.3 Å². The number of esters is 1. The molecular weight excluding hydrogens is 469 g/mol. The summed E-state index contributed by atoms with van der Waals surface area (Å²) in [5, 5.41) is 18.0. The van der Waals surface area contributed by atoms with Gasteiger partial charge in [-0.25, -0.2) is 14.4 Å². The Balaban J connectivity index is 1.76. The number of ether oxygens (including phenoxy) is 1. The predicted octanol–water partition coefficient (Wildman–Crippen LogP) is 2.91. The minimum atomic E-state index is -1.03. The number of hydrogen-bond acceptors (Lipinski definition) is 10. The van der Waals surface area contributed by atoms with E-state index in [1.54, 1.807) is 38.1 Å². The smallest absolute Gasteiger partial charge is 0.302 e. The van der Waals surface area contributed by atoms with Crippen LogP contribution in [0.2, 0.25) is 0 Å². The van der Waals surface area contributed by atoms with Gasteiger partial charge in [0.05, 0.1) is 17.3 Å². The Labute approximate surface area is 206 Å². The average molecular weight is 496 g/mol. The number of amides is 1. The van der Waals surface area contributed by atoms with E-state index in [1.165, 1.54) is 31.5 Å². The van der Waals surface area contributed by atoms with Crippen molar-refractivity contribution in [3.63, 3.8) is 0 Å². The van der Waals surface area contributed by atoms with Crippen LogP contribution in [0.15, 0.2) is 53.4 Å². The summed E-state index contributed by atoms with van der Waals surface area (Å²) in [4.78, 5) is 31.9. The molecule has 0 atom stereocenters. The molecule has 1 aromatic carbocycles. The van der Waals surface area contributed by atoms with Crippen molar-refractivity contribution in [1.82, 2.24) is 20.4 Å². The Bertz CT molecular complexity index is 1290. The summed E-state index contributed by atoms with van der Waals surface area (Å²) in [5.74, 6) is -1.39. The van der Waals surface area contributed by atoms with E-state index in [-0.39, 0.29) is 42.0 Å². The van der Waals surface area contributed by atoms with Crippen molar-refractivity contribution in [2.45, 2.75) is 27.3 Å². The van der Waals surface area contributed by atoms with Crippen molar-refractivity contribution in [3.05, 3.63) is 71.8 Å². The van der Waals surface area contributed by atoms with Crippen molar-refractivity contribution in [1.29, 1.82) is 5.41 Å². The summed E-state index contributed by atoms with van der Waals surface area (Å²) in [6.07, 6.45) is 4.06. The first-order valence-electron chi connectivity index (χ1n) is 10.8. The lowest BCUT2D eigenvalue weighted by Gasteiger charge is -2.23. The van der Waals surface area contributed by atoms with Gasteiger partial charge in [0.1, 0.15) is 35.8 Å². The molecule has 0 aliphatic heterocycles. The van der Waals surface area contributed by atoms with Crippen LogP contribution in [0, 0.1) is 16.6 Å². The van der Waals surface area contributed by atoms with Gasteiger partial charge in [0.2, 0.25) is 5.91 Å². The number of carbonyl (C=O) groups excluding carboxylic acids is 2. The number of allylic oxidation sites excluding steroid dienone is 1. The van der Waals surface area contributed by atoms with Crippen molar-refractivity contribution in [2.75, 3.05) is 17.7 Å². The van der Waals surface area contributed by atoms with E-state index in [0.717, 1.165) is 0 Å². The molecule has 0 saturated carbocycles. The number of halogens is 1. The highest BCUT2D eigenvalue weighted by Crippen LogP contribution is 2.22. The van der Waals surface area contributed by atoms with Gasteiger partial charge in [-0.1, -0.05) is 23.4 Å². The van der Waals surface area contributed by atoms with Crippen LogP contribution in [0.1, 0.15) is 37.9 Å². The number of hydrogen-bond donors (Lipinski definition) is 4. The molecule has 188 valence electrons. The quantitative estimate of drug-likeness (QED) is 0.244. The van der Waals surface area contributed by atoms with E-state index in [0.29, 0.717) is 17.0 Å². The standard InChI is InChI=1S/C24H26FN7O4/c1-14(33)35-13-24(2,3)23(34)30-20-12-29-22(31-21(20)27)17(26)10-19(18-8-9-36-32-18)28-11-15-6-4-5-7-16(15)25/h4-10,12,26,28H,11,13H2,1-3H3,(H,30,34)(H2,27,29,31)/b19-10-,26-17?. The van der Waals surface area contributed by atoms with Crippen LogP contribution < -0.4 is 16.4 Å². The minimum Gasteiger partial charge on any atom is -0.465 e. The second-order valence-electron chi connectivity index (χ2n) is 8.41. The van der Waals surface area contributed by atoms with Gasteiger partial charge in [-0.3, -0.25) is 15.0 Å². The maximum absolute atomic E-state index is 14.0.